The minimum atomic E-state index is -0.421. The molecule has 2 aromatic carbocycles. The van der Waals surface area contributed by atoms with Gasteiger partial charge in [-0.15, -0.1) is 0 Å². The number of carbonyl (C=O) groups excluding carboxylic acids is 1. The van der Waals surface area contributed by atoms with Crippen molar-refractivity contribution in [3.05, 3.63) is 88.3 Å². The van der Waals surface area contributed by atoms with Gasteiger partial charge in [-0.1, -0.05) is 60.7 Å². The van der Waals surface area contributed by atoms with Crippen molar-refractivity contribution in [2.24, 2.45) is 0 Å². The van der Waals surface area contributed by atoms with Crippen LogP contribution >= 0.6 is 11.6 Å². The number of hydrogen-bond acceptors (Lipinski definition) is 5. The van der Waals surface area contributed by atoms with E-state index in [2.05, 4.69) is 20.6 Å². The highest BCUT2D eigenvalue weighted by Crippen LogP contribution is 2.20. The van der Waals surface area contributed by atoms with Gasteiger partial charge in [0.15, 0.2) is 0 Å². The topological polar surface area (TPSA) is 87.1 Å². The fourth-order valence-electron chi connectivity index (χ4n) is 2.58. The SMILES string of the molecule is O=C(NCc1ccccc1)c1nc(Cl)nc(NCc2ccccc2)c1CO. The van der Waals surface area contributed by atoms with Crippen LogP contribution in [-0.2, 0) is 19.7 Å². The molecule has 1 amide bonds. The van der Waals surface area contributed by atoms with Crippen LogP contribution in [0.15, 0.2) is 60.7 Å². The van der Waals surface area contributed by atoms with Gasteiger partial charge in [0, 0.05) is 13.1 Å². The average Bonchev–Trinajstić information content (AvgIpc) is 2.71. The monoisotopic (exact) mass is 382 g/mol. The minimum absolute atomic E-state index is 0.0593. The number of anilines is 1. The number of hydrogen-bond donors (Lipinski definition) is 3. The van der Waals surface area contributed by atoms with Gasteiger partial charge in [-0.3, -0.25) is 4.79 Å². The van der Waals surface area contributed by atoms with Gasteiger partial charge in [0.05, 0.1) is 12.2 Å². The number of nitrogens with one attached hydrogen (secondary N) is 2. The molecule has 7 heteroatoms. The first-order valence-electron chi connectivity index (χ1n) is 8.44. The lowest BCUT2D eigenvalue weighted by Gasteiger charge is -2.14. The molecule has 0 spiro atoms. The van der Waals surface area contributed by atoms with Crippen molar-refractivity contribution in [1.29, 1.82) is 0 Å². The molecular formula is C20H19ClN4O2. The normalized spacial score (nSPS) is 10.4. The van der Waals surface area contributed by atoms with Gasteiger partial charge in [0.25, 0.3) is 5.91 Å². The van der Waals surface area contributed by atoms with E-state index in [1.54, 1.807) is 0 Å². The van der Waals surface area contributed by atoms with E-state index in [-0.39, 0.29) is 17.6 Å². The summed E-state index contributed by atoms with van der Waals surface area (Å²) in [5, 5.41) is 15.6. The van der Waals surface area contributed by atoms with Crippen LogP contribution in [0, 0.1) is 0 Å². The Kier molecular flexibility index (Phi) is 6.35. The maximum absolute atomic E-state index is 12.6. The zero-order valence-electron chi connectivity index (χ0n) is 14.5. The summed E-state index contributed by atoms with van der Waals surface area (Å²) in [4.78, 5) is 20.7. The third kappa shape index (κ3) is 5.03. The maximum atomic E-state index is 12.6. The first-order chi connectivity index (χ1) is 13.2. The van der Waals surface area contributed by atoms with E-state index in [1.807, 2.05) is 60.7 Å². The van der Waals surface area contributed by atoms with E-state index in [9.17, 15) is 9.90 Å². The van der Waals surface area contributed by atoms with E-state index < -0.39 is 5.91 Å². The number of rotatable bonds is 7. The van der Waals surface area contributed by atoms with Gasteiger partial charge >= 0.3 is 0 Å². The van der Waals surface area contributed by atoms with Gasteiger partial charge in [0.2, 0.25) is 5.28 Å². The van der Waals surface area contributed by atoms with Crippen LogP contribution in [-0.4, -0.2) is 21.0 Å². The second-order valence-corrected chi connectivity index (χ2v) is 6.17. The summed E-state index contributed by atoms with van der Waals surface area (Å²) in [6.07, 6.45) is 0. The number of benzene rings is 2. The Morgan fingerprint density at radius 3 is 2.11 bits per heavy atom. The molecule has 0 bridgehead atoms. The molecule has 0 unspecified atom stereocenters. The first-order valence-corrected chi connectivity index (χ1v) is 8.82. The molecule has 0 radical (unpaired) electrons. The molecule has 0 aliphatic carbocycles. The van der Waals surface area contributed by atoms with Crippen molar-refractivity contribution in [2.45, 2.75) is 19.7 Å². The molecule has 27 heavy (non-hydrogen) atoms. The fraction of sp³-hybridized carbons (Fsp3) is 0.150. The number of halogens is 1. The molecular weight excluding hydrogens is 364 g/mol. The highest BCUT2D eigenvalue weighted by molar-refractivity contribution is 6.28. The van der Waals surface area contributed by atoms with E-state index in [4.69, 9.17) is 11.6 Å². The van der Waals surface area contributed by atoms with E-state index in [0.29, 0.717) is 24.5 Å². The van der Waals surface area contributed by atoms with Crippen molar-refractivity contribution >= 4 is 23.3 Å². The zero-order chi connectivity index (χ0) is 19.1. The van der Waals surface area contributed by atoms with Crippen LogP contribution in [0.25, 0.3) is 0 Å². The summed E-state index contributed by atoms with van der Waals surface area (Å²) >= 11 is 6.00. The Balaban J connectivity index is 1.77. The van der Waals surface area contributed by atoms with Gasteiger partial charge in [-0.2, -0.15) is 0 Å². The Hall–Kier alpha value is -2.96. The largest absolute Gasteiger partial charge is 0.391 e. The van der Waals surface area contributed by atoms with Crippen LogP contribution in [0.1, 0.15) is 27.2 Å². The van der Waals surface area contributed by atoms with Crippen LogP contribution in [0.3, 0.4) is 0 Å². The molecule has 1 heterocycles. The lowest BCUT2D eigenvalue weighted by atomic mass is 10.1. The third-order valence-corrected chi connectivity index (χ3v) is 4.12. The summed E-state index contributed by atoms with van der Waals surface area (Å²) in [5.41, 5.74) is 2.36. The highest BCUT2D eigenvalue weighted by atomic mass is 35.5. The predicted molar refractivity (Wildman–Crippen MR) is 104 cm³/mol. The van der Waals surface area contributed by atoms with Crippen molar-refractivity contribution in [3.63, 3.8) is 0 Å². The third-order valence-electron chi connectivity index (χ3n) is 3.95. The Bertz CT molecular complexity index is 905. The Morgan fingerprint density at radius 2 is 1.52 bits per heavy atom. The molecule has 0 saturated carbocycles. The second-order valence-electron chi connectivity index (χ2n) is 5.83. The van der Waals surface area contributed by atoms with Crippen molar-refractivity contribution < 1.29 is 9.90 Å². The highest BCUT2D eigenvalue weighted by Gasteiger charge is 2.19. The minimum Gasteiger partial charge on any atom is -0.391 e. The molecule has 0 aliphatic heterocycles. The van der Waals surface area contributed by atoms with Crippen molar-refractivity contribution in [1.82, 2.24) is 15.3 Å². The summed E-state index contributed by atoms with van der Waals surface area (Å²) in [6.45, 7) is 0.438. The predicted octanol–water partition coefficient (Wildman–Crippen LogP) is 3.16. The average molecular weight is 383 g/mol. The van der Waals surface area contributed by atoms with Crippen LogP contribution < -0.4 is 10.6 Å². The van der Waals surface area contributed by atoms with Crippen molar-refractivity contribution in [2.75, 3.05) is 5.32 Å². The van der Waals surface area contributed by atoms with Gasteiger partial charge in [0.1, 0.15) is 11.5 Å². The molecule has 1 aromatic heterocycles. The molecule has 3 rings (SSSR count). The standard InChI is InChI=1S/C20H19ClN4O2/c21-20-24-17(19(27)23-12-15-9-5-2-6-10-15)16(13-26)18(25-20)22-11-14-7-3-1-4-8-14/h1-10,26H,11-13H2,(H,23,27)(H,22,24,25). The summed E-state index contributed by atoms with van der Waals surface area (Å²) in [7, 11) is 0. The maximum Gasteiger partial charge on any atom is 0.270 e. The van der Waals surface area contributed by atoms with Gasteiger partial charge < -0.3 is 15.7 Å². The summed E-state index contributed by atoms with van der Waals surface area (Å²) < 4.78 is 0. The molecule has 6 nitrogen and oxygen atoms in total. The van der Waals surface area contributed by atoms with Gasteiger partial charge in [-0.25, -0.2) is 9.97 Å². The number of nitrogens with zero attached hydrogens (tertiary/aromatic N) is 2. The molecule has 138 valence electrons. The fourth-order valence-corrected chi connectivity index (χ4v) is 2.75. The first kappa shape index (κ1) is 18.8. The number of aliphatic hydroxyl groups excluding tert-OH is 1. The van der Waals surface area contributed by atoms with E-state index >= 15 is 0 Å². The zero-order valence-corrected chi connectivity index (χ0v) is 15.3. The van der Waals surface area contributed by atoms with Crippen molar-refractivity contribution in [3.8, 4) is 0 Å². The quantitative estimate of drug-likeness (QED) is 0.546. The smallest absolute Gasteiger partial charge is 0.270 e. The number of aromatic nitrogens is 2. The molecule has 3 N–H and O–H groups in total. The van der Waals surface area contributed by atoms with E-state index in [1.165, 1.54) is 0 Å². The molecule has 0 aliphatic rings. The molecule has 0 atom stereocenters. The summed E-state index contributed by atoms with van der Waals surface area (Å²) in [5.74, 6) is -0.0822. The number of carbonyl (C=O) groups is 1. The summed E-state index contributed by atoms with van der Waals surface area (Å²) in [6, 6.07) is 19.2. The number of amides is 1. The molecule has 3 aromatic rings. The lowest BCUT2D eigenvalue weighted by molar-refractivity contribution is 0.0942. The number of aliphatic hydroxyl groups is 1. The van der Waals surface area contributed by atoms with Crippen LogP contribution in [0.5, 0.6) is 0 Å². The van der Waals surface area contributed by atoms with Crippen LogP contribution in [0.2, 0.25) is 5.28 Å². The Labute approximate surface area is 162 Å². The van der Waals surface area contributed by atoms with Gasteiger partial charge in [-0.05, 0) is 22.7 Å². The lowest BCUT2D eigenvalue weighted by Crippen LogP contribution is -2.26. The molecule has 0 saturated heterocycles. The van der Waals surface area contributed by atoms with Crippen LogP contribution in [0.4, 0.5) is 5.82 Å². The molecule has 0 fully saturated rings. The van der Waals surface area contributed by atoms with E-state index in [0.717, 1.165) is 11.1 Å². The Morgan fingerprint density at radius 1 is 0.926 bits per heavy atom. The second kappa shape index (κ2) is 9.12.